The van der Waals surface area contributed by atoms with E-state index in [1.807, 2.05) is 32.0 Å². The lowest BCUT2D eigenvalue weighted by molar-refractivity contribution is -0.0973. The second-order valence-electron chi connectivity index (χ2n) is 13.4. The van der Waals surface area contributed by atoms with E-state index >= 15 is 0 Å². The number of urea groups is 1. The normalized spacial score (nSPS) is 34.7. The average molecular weight is 553 g/mol. The summed E-state index contributed by atoms with van der Waals surface area (Å²) in [5.41, 5.74) is 2.49. The summed E-state index contributed by atoms with van der Waals surface area (Å²) in [6.07, 6.45) is 10.5. The predicted octanol–water partition coefficient (Wildman–Crippen LogP) is 5.60. The molecule has 4 aliphatic carbocycles. The molecule has 0 heterocycles. The van der Waals surface area contributed by atoms with Crippen LogP contribution in [0.1, 0.15) is 78.2 Å². The van der Waals surface area contributed by atoms with Gasteiger partial charge in [-0.2, -0.15) is 0 Å². The fraction of sp³-hybridized carbons (Fsp3) is 0.667. The second kappa shape index (κ2) is 10.7. The standard InChI is InChI=1S/C33H48N2O5/c1-21(2)34-30(37)35(19-22-7-9-25(39-5)18-29(22)40-6)20-33(38)16-13-28-26-10-8-23-17-24(36)11-14-31(23,3)27(26)12-15-32(28,33)4/h7-10,18,21,24,27-28,36,38H,11-17,19-20H2,1-6H3,(H,34,37). The number of aliphatic hydroxyl groups is 2. The predicted molar refractivity (Wildman–Crippen MR) is 156 cm³/mol. The van der Waals surface area contributed by atoms with E-state index in [9.17, 15) is 15.0 Å². The fourth-order valence-electron chi connectivity index (χ4n) is 8.40. The maximum absolute atomic E-state index is 13.5. The maximum Gasteiger partial charge on any atom is 0.317 e. The summed E-state index contributed by atoms with van der Waals surface area (Å²) in [4.78, 5) is 15.3. The summed E-state index contributed by atoms with van der Waals surface area (Å²) in [6, 6.07) is 5.44. The van der Waals surface area contributed by atoms with Gasteiger partial charge in [-0.25, -0.2) is 4.79 Å². The highest BCUT2D eigenvalue weighted by Gasteiger charge is 2.62. The molecule has 7 nitrogen and oxygen atoms in total. The molecule has 4 aliphatic rings. The van der Waals surface area contributed by atoms with Crippen LogP contribution in [0, 0.1) is 22.7 Å². The molecule has 7 heteroatoms. The number of aliphatic hydroxyl groups excluding tert-OH is 1. The molecule has 1 aromatic rings. The molecule has 0 spiro atoms. The zero-order valence-electron chi connectivity index (χ0n) is 25.1. The number of amides is 2. The van der Waals surface area contributed by atoms with E-state index in [0.717, 1.165) is 44.1 Å². The van der Waals surface area contributed by atoms with Crippen LogP contribution in [0.25, 0.3) is 0 Å². The first kappa shape index (κ1) is 29.0. The minimum Gasteiger partial charge on any atom is -0.497 e. The van der Waals surface area contributed by atoms with Crippen molar-refractivity contribution in [1.82, 2.24) is 10.2 Å². The highest BCUT2D eigenvalue weighted by molar-refractivity contribution is 5.74. The maximum atomic E-state index is 13.5. The Kier molecular flexibility index (Phi) is 7.77. The van der Waals surface area contributed by atoms with Crippen molar-refractivity contribution in [2.24, 2.45) is 22.7 Å². The highest BCUT2D eigenvalue weighted by Crippen LogP contribution is 2.66. The minimum atomic E-state index is -1.01. The van der Waals surface area contributed by atoms with Crippen molar-refractivity contribution >= 4 is 6.03 Å². The molecule has 6 unspecified atom stereocenters. The van der Waals surface area contributed by atoms with Crippen LogP contribution in [0.15, 0.2) is 41.5 Å². The smallest absolute Gasteiger partial charge is 0.317 e. The first-order valence-electron chi connectivity index (χ1n) is 15.0. The Hall–Kier alpha value is -2.51. The number of hydrogen-bond acceptors (Lipinski definition) is 5. The lowest BCUT2D eigenvalue weighted by atomic mass is 9.50. The van der Waals surface area contributed by atoms with Gasteiger partial charge < -0.3 is 29.9 Å². The number of rotatable bonds is 7. The van der Waals surface area contributed by atoms with E-state index in [1.54, 1.807) is 19.1 Å². The van der Waals surface area contributed by atoms with Gasteiger partial charge in [-0.05, 0) is 88.2 Å². The van der Waals surface area contributed by atoms with Crippen molar-refractivity contribution in [2.75, 3.05) is 20.8 Å². The molecular weight excluding hydrogens is 504 g/mol. The van der Waals surface area contributed by atoms with Crippen LogP contribution in [0.3, 0.4) is 0 Å². The van der Waals surface area contributed by atoms with Crippen LogP contribution in [0.5, 0.6) is 11.5 Å². The minimum absolute atomic E-state index is 0.0205. The van der Waals surface area contributed by atoms with Crippen molar-refractivity contribution in [3.8, 4) is 11.5 Å². The van der Waals surface area contributed by atoms with E-state index in [-0.39, 0.29) is 41.5 Å². The average Bonchev–Trinajstić information content (AvgIpc) is 3.18. The van der Waals surface area contributed by atoms with Crippen molar-refractivity contribution < 1.29 is 24.5 Å². The Bertz CT molecular complexity index is 1190. The third kappa shape index (κ3) is 4.83. The number of nitrogens with zero attached hydrogens (tertiary/aromatic N) is 1. The van der Waals surface area contributed by atoms with Crippen molar-refractivity contribution in [3.63, 3.8) is 0 Å². The Labute approximate surface area is 239 Å². The molecule has 2 amide bonds. The molecule has 6 atom stereocenters. The lowest BCUT2D eigenvalue weighted by Gasteiger charge is -2.56. The van der Waals surface area contributed by atoms with Crippen molar-refractivity contribution in [3.05, 3.63) is 47.1 Å². The van der Waals surface area contributed by atoms with Gasteiger partial charge in [0.25, 0.3) is 0 Å². The molecule has 0 saturated heterocycles. The van der Waals surface area contributed by atoms with E-state index in [1.165, 1.54) is 11.1 Å². The largest absolute Gasteiger partial charge is 0.497 e. The summed E-state index contributed by atoms with van der Waals surface area (Å²) >= 11 is 0. The van der Waals surface area contributed by atoms with Gasteiger partial charge in [-0.3, -0.25) is 0 Å². The molecule has 3 fully saturated rings. The van der Waals surface area contributed by atoms with Crippen LogP contribution in [0.4, 0.5) is 4.79 Å². The van der Waals surface area contributed by atoms with Gasteiger partial charge in [-0.15, -0.1) is 0 Å². The summed E-state index contributed by atoms with van der Waals surface area (Å²) in [5, 5.41) is 25.8. The lowest BCUT2D eigenvalue weighted by Crippen LogP contribution is -2.57. The van der Waals surface area contributed by atoms with Gasteiger partial charge in [0, 0.05) is 23.1 Å². The van der Waals surface area contributed by atoms with Gasteiger partial charge >= 0.3 is 6.03 Å². The summed E-state index contributed by atoms with van der Waals surface area (Å²) in [5.74, 6) is 2.09. The molecule has 0 aromatic heterocycles. The molecule has 0 radical (unpaired) electrons. The van der Waals surface area contributed by atoms with Crippen molar-refractivity contribution in [2.45, 2.75) is 96.9 Å². The summed E-state index contributed by atoms with van der Waals surface area (Å²) in [6.45, 7) is 9.14. The molecule has 1 aromatic carbocycles. The molecule has 0 bridgehead atoms. The Morgan fingerprint density at radius 3 is 2.52 bits per heavy atom. The molecule has 40 heavy (non-hydrogen) atoms. The van der Waals surface area contributed by atoms with Gasteiger partial charge in [0.2, 0.25) is 0 Å². The number of nitrogens with one attached hydrogen (secondary N) is 1. The number of carbonyl (C=O) groups is 1. The topological polar surface area (TPSA) is 91.3 Å². The van der Waals surface area contributed by atoms with Crippen molar-refractivity contribution in [1.29, 1.82) is 0 Å². The Balaban J connectivity index is 1.43. The van der Waals surface area contributed by atoms with E-state index in [0.29, 0.717) is 30.4 Å². The number of carbonyl (C=O) groups excluding carboxylic acids is 1. The van der Waals surface area contributed by atoms with Crippen LogP contribution < -0.4 is 14.8 Å². The van der Waals surface area contributed by atoms with E-state index in [4.69, 9.17) is 9.47 Å². The number of allylic oxidation sites excluding steroid dienone is 3. The first-order valence-corrected chi connectivity index (χ1v) is 15.0. The third-order valence-electron chi connectivity index (χ3n) is 10.9. The number of benzene rings is 1. The van der Waals surface area contributed by atoms with E-state index in [2.05, 4.69) is 31.3 Å². The summed E-state index contributed by atoms with van der Waals surface area (Å²) < 4.78 is 11.0. The third-order valence-corrected chi connectivity index (χ3v) is 10.9. The first-order chi connectivity index (χ1) is 18.9. The molecule has 3 saturated carbocycles. The number of fused-ring (bicyclic) bond motifs is 5. The van der Waals surface area contributed by atoms with Crippen LogP contribution in [-0.2, 0) is 6.54 Å². The number of methoxy groups -OCH3 is 2. The Morgan fingerprint density at radius 1 is 1.07 bits per heavy atom. The van der Waals surface area contributed by atoms with Gasteiger partial charge in [0.15, 0.2) is 0 Å². The molecule has 220 valence electrons. The quantitative estimate of drug-likeness (QED) is 0.410. The zero-order chi connectivity index (χ0) is 28.9. The highest BCUT2D eigenvalue weighted by atomic mass is 16.5. The zero-order valence-corrected chi connectivity index (χ0v) is 25.1. The van der Waals surface area contributed by atoms with Crippen LogP contribution in [-0.4, -0.2) is 59.7 Å². The van der Waals surface area contributed by atoms with Gasteiger partial charge in [0.1, 0.15) is 11.5 Å². The Morgan fingerprint density at radius 2 is 1.82 bits per heavy atom. The van der Waals surface area contributed by atoms with Crippen LogP contribution >= 0.6 is 0 Å². The summed E-state index contributed by atoms with van der Waals surface area (Å²) in [7, 11) is 3.24. The second-order valence-corrected chi connectivity index (χ2v) is 13.4. The molecule has 3 N–H and O–H groups in total. The SMILES string of the molecule is COc1ccc(CN(CC2(O)CCC3C4=CC=C5CC(O)CCC5(C)C4CCC32C)C(=O)NC(C)C)c(OC)c1. The van der Waals surface area contributed by atoms with Crippen LogP contribution in [0.2, 0.25) is 0 Å². The molecule has 5 rings (SSSR count). The molecular formula is C33H48N2O5. The number of hydrogen-bond donors (Lipinski definition) is 3. The fourth-order valence-corrected chi connectivity index (χ4v) is 8.40. The molecule has 0 aliphatic heterocycles. The van der Waals surface area contributed by atoms with E-state index < -0.39 is 5.60 Å². The van der Waals surface area contributed by atoms with Gasteiger partial charge in [0.05, 0.1) is 39.0 Å². The monoisotopic (exact) mass is 552 g/mol. The van der Waals surface area contributed by atoms with Gasteiger partial charge in [-0.1, -0.05) is 37.1 Å². The number of ether oxygens (including phenoxy) is 2.